The van der Waals surface area contributed by atoms with Crippen LogP contribution in [-0.2, 0) is 4.74 Å². The van der Waals surface area contributed by atoms with Gasteiger partial charge in [0.25, 0.3) is 0 Å². The summed E-state index contributed by atoms with van der Waals surface area (Å²) in [7, 11) is 0. The van der Waals surface area contributed by atoms with Gasteiger partial charge in [-0.3, -0.25) is 0 Å². The van der Waals surface area contributed by atoms with E-state index in [0.717, 1.165) is 0 Å². The number of nitrogens with zero attached hydrogens (tertiary/aromatic N) is 4. The molecule has 102 valence electrons. The van der Waals surface area contributed by atoms with Crippen LogP contribution in [0.25, 0.3) is 11.0 Å². The van der Waals surface area contributed by atoms with Crippen LogP contribution in [0.2, 0.25) is 0 Å². The fourth-order valence-corrected chi connectivity index (χ4v) is 2.16. The highest BCUT2D eigenvalue weighted by molar-refractivity contribution is 5.83. The Hall–Kier alpha value is -1.81. The molecule has 0 spiro atoms. The van der Waals surface area contributed by atoms with Crippen LogP contribution in [0.3, 0.4) is 0 Å². The lowest BCUT2D eigenvalue weighted by Gasteiger charge is -2.15. The van der Waals surface area contributed by atoms with Crippen LogP contribution in [0, 0.1) is 0 Å². The number of nitrogens with two attached hydrogens (primary N) is 1. The van der Waals surface area contributed by atoms with E-state index in [4.69, 9.17) is 15.6 Å². The van der Waals surface area contributed by atoms with Crippen LogP contribution in [0.15, 0.2) is 12.3 Å². The van der Waals surface area contributed by atoms with Gasteiger partial charge in [0.15, 0.2) is 17.6 Å². The first-order valence-electron chi connectivity index (χ1n) is 5.71. The molecule has 2 aromatic rings. The van der Waals surface area contributed by atoms with E-state index in [1.807, 2.05) is 0 Å². The standard InChI is InChI=1S/C10H13N5O4/c11-9-6-4(1-2-12-9)15(14-13-6)10-8(18)7(17)5(3-16)19-10/h1-2,5,7-8,10,16-18H,3H2,(H2,11,12)/t5-,7-,8-,10-/m1/s1. The molecule has 1 aliphatic rings. The monoisotopic (exact) mass is 267 g/mol. The molecule has 19 heavy (non-hydrogen) atoms. The minimum absolute atomic E-state index is 0.218. The van der Waals surface area contributed by atoms with Gasteiger partial charge in [0.05, 0.1) is 12.1 Å². The van der Waals surface area contributed by atoms with E-state index in [0.29, 0.717) is 11.0 Å². The number of nitrogen functional groups attached to an aromatic ring is 1. The number of aromatic nitrogens is 4. The first kappa shape index (κ1) is 12.2. The molecular weight excluding hydrogens is 254 g/mol. The van der Waals surface area contributed by atoms with E-state index in [1.54, 1.807) is 6.07 Å². The summed E-state index contributed by atoms with van der Waals surface area (Å²) in [4.78, 5) is 3.88. The third-order valence-electron chi connectivity index (χ3n) is 3.18. The molecule has 0 aliphatic carbocycles. The van der Waals surface area contributed by atoms with E-state index in [-0.39, 0.29) is 5.82 Å². The van der Waals surface area contributed by atoms with Crippen LogP contribution in [0.5, 0.6) is 0 Å². The Morgan fingerprint density at radius 1 is 1.37 bits per heavy atom. The lowest BCUT2D eigenvalue weighted by Crippen LogP contribution is -2.33. The number of hydrogen-bond acceptors (Lipinski definition) is 8. The zero-order valence-corrected chi connectivity index (χ0v) is 9.79. The maximum absolute atomic E-state index is 9.94. The van der Waals surface area contributed by atoms with Gasteiger partial charge in [0.1, 0.15) is 18.3 Å². The molecule has 1 aliphatic heterocycles. The Labute approximate surface area is 107 Å². The summed E-state index contributed by atoms with van der Waals surface area (Å²) in [6.07, 6.45) is -2.71. The van der Waals surface area contributed by atoms with Gasteiger partial charge in [-0.15, -0.1) is 5.10 Å². The van der Waals surface area contributed by atoms with Gasteiger partial charge in [0, 0.05) is 6.20 Å². The van der Waals surface area contributed by atoms with Crippen molar-refractivity contribution in [3.05, 3.63) is 12.3 Å². The zero-order chi connectivity index (χ0) is 13.6. The second-order valence-corrected chi connectivity index (χ2v) is 4.33. The van der Waals surface area contributed by atoms with Gasteiger partial charge in [-0.05, 0) is 6.07 Å². The fourth-order valence-electron chi connectivity index (χ4n) is 2.16. The maximum Gasteiger partial charge on any atom is 0.181 e. The summed E-state index contributed by atoms with van der Waals surface area (Å²) in [5.74, 6) is 0.218. The molecule has 0 aromatic carbocycles. The molecule has 5 N–H and O–H groups in total. The van der Waals surface area contributed by atoms with E-state index in [9.17, 15) is 10.2 Å². The van der Waals surface area contributed by atoms with Crippen molar-refractivity contribution in [2.45, 2.75) is 24.5 Å². The molecule has 4 atom stereocenters. The van der Waals surface area contributed by atoms with Crippen molar-refractivity contribution in [2.75, 3.05) is 12.3 Å². The molecule has 1 fully saturated rings. The summed E-state index contributed by atoms with van der Waals surface area (Å²) in [6.45, 7) is -0.398. The van der Waals surface area contributed by atoms with Crippen molar-refractivity contribution in [3.8, 4) is 0 Å². The molecule has 2 aromatic heterocycles. The van der Waals surface area contributed by atoms with Crippen LogP contribution >= 0.6 is 0 Å². The number of aliphatic hydroxyl groups excluding tert-OH is 3. The van der Waals surface area contributed by atoms with Crippen LogP contribution < -0.4 is 5.73 Å². The summed E-state index contributed by atoms with van der Waals surface area (Å²) in [6, 6.07) is 1.63. The smallest absolute Gasteiger partial charge is 0.181 e. The normalized spacial score (nSPS) is 31.1. The largest absolute Gasteiger partial charge is 0.394 e. The molecule has 0 radical (unpaired) electrons. The Morgan fingerprint density at radius 3 is 2.84 bits per heavy atom. The predicted octanol–water partition coefficient (Wildman–Crippen LogP) is -1.98. The summed E-state index contributed by atoms with van der Waals surface area (Å²) in [5.41, 5.74) is 6.58. The number of hydrogen-bond donors (Lipinski definition) is 4. The summed E-state index contributed by atoms with van der Waals surface area (Å²) in [5, 5.41) is 36.4. The minimum Gasteiger partial charge on any atom is -0.394 e. The van der Waals surface area contributed by atoms with Gasteiger partial charge in [0.2, 0.25) is 0 Å². The highest BCUT2D eigenvalue weighted by Crippen LogP contribution is 2.31. The van der Waals surface area contributed by atoms with Crippen molar-refractivity contribution in [1.82, 2.24) is 20.0 Å². The number of ether oxygens (including phenoxy) is 1. The topological polar surface area (TPSA) is 140 Å². The minimum atomic E-state index is -1.21. The number of anilines is 1. The average molecular weight is 267 g/mol. The highest BCUT2D eigenvalue weighted by Gasteiger charge is 2.44. The summed E-state index contributed by atoms with van der Waals surface area (Å²) >= 11 is 0. The quantitative estimate of drug-likeness (QED) is 0.491. The highest BCUT2D eigenvalue weighted by atomic mass is 16.6. The Kier molecular flexibility index (Phi) is 2.82. The van der Waals surface area contributed by atoms with E-state index >= 15 is 0 Å². The molecule has 0 unspecified atom stereocenters. The molecule has 1 saturated heterocycles. The molecule has 0 saturated carbocycles. The Morgan fingerprint density at radius 2 is 2.16 bits per heavy atom. The Bertz CT molecular complexity index is 603. The lowest BCUT2D eigenvalue weighted by atomic mass is 10.1. The first-order valence-corrected chi connectivity index (χ1v) is 5.71. The fraction of sp³-hybridized carbons (Fsp3) is 0.500. The van der Waals surface area contributed by atoms with Crippen molar-refractivity contribution in [2.24, 2.45) is 0 Å². The predicted molar refractivity (Wildman–Crippen MR) is 62.7 cm³/mol. The second kappa shape index (κ2) is 4.38. The average Bonchev–Trinajstić information content (AvgIpc) is 2.94. The molecule has 9 heteroatoms. The second-order valence-electron chi connectivity index (χ2n) is 4.33. The van der Waals surface area contributed by atoms with Crippen molar-refractivity contribution in [3.63, 3.8) is 0 Å². The zero-order valence-electron chi connectivity index (χ0n) is 9.79. The number of fused-ring (bicyclic) bond motifs is 1. The molecule has 0 bridgehead atoms. The third kappa shape index (κ3) is 1.75. The van der Waals surface area contributed by atoms with Crippen molar-refractivity contribution < 1.29 is 20.1 Å². The number of rotatable bonds is 2. The number of aliphatic hydroxyl groups is 3. The SMILES string of the molecule is Nc1nccc2c1nnn2[C@@H]1O[C@H](CO)[C@@H](O)[C@H]1O. The van der Waals surface area contributed by atoms with Crippen molar-refractivity contribution in [1.29, 1.82) is 0 Å². The molecule has 3 heterocycles. The lowest BCUT2D eigenvalue weighted by molar-refractivity contribution is -0.0572. The number of pyridine rings is 1. The van der Waals surface area contributed by atoms with Crippen LogP contribution in [0.1, 0.15) is 6.23 Å². The maximum atomic E-state index is 9.94. The first-order chi connectivity index (χ1) is 9.13. The van der Waals surface area contributed by atoms with Gasteiger partial charge in [-0.2, -0.15) is 0 Å². The van der Waals surface area contributed by atoms with Crippen molar-refractivity contribution >= 4 is 16.9 Å². The van der Waals surface area contributed by atoms with E-state index in [1.165, 1.54) is 10.9 Å². The molecule has 3 rings (SSSR count). The molecule has 9 nitrogen and oxygen atoms in total. The molecule has 0 amide bonds. The third-order valence-corrected chi connectivity index (χ3v) is 3.18. The van der Waals surface area contributed by atoms with Gasteiger partial charge in [-0.1, -0.05) is 5.21 Å². The van der Waals surface area contributed by atoms with E-state index < -0.39 is 31.1 Å². The summed E-state index contributed by atoms with van der Waals surface area (Å²) < 4.78 is 6.69. The van der Waals surface area contributed by atoms with Crippen LogP contribution in [0.4, 0.5) is 5.82 Å². The van der Waals surface area contributed by atoms with Gasteiger partial charge >= 0.3 is 0 Å². The van der Waals surface area contributed by atoms with Gasteiger partial charge in [-0.25, -0.2) is 9.67 Å². The van der Waals surface area contributed by atoms with Gasteiger partial charge < -0.3 is 25.8 Å². The Balaban J connectivity index is 2.04. The molecular formula is C10H13N5O4. The van der Waals surface area contributed by atoms with E-state index in [2.05, 4.69) is 15.3 Å². The van der Waals surface area contributed by atoms with Crippen LogP contribution in [-0.4, -0.2) is 60.2 Å².